The molecule has 0 radical (unpaired) electrons. The van der Waals surface area contributed by atoms with Crippen LogP contribution in [0.25, 0.3) is 16.3 Å². The van der Waals surface area contributed by atoms with Crippen LogP contribution in [0.4, 0.5) is 0 Å². The molecule has 0 saturated heterocycles. The van der Waals surface area contributed by atoms with E-state index in [-0.39, 0.29) is 0 Å². The lowest BCUT2D eigenvalue weighted by Gasteiger charge is -1.90. The van der Waals surface area contributed by atoms with E-state index in [4.69, 9.17) is 0 Å². The third-order valence-electron chi connectivity index (χ3n) is 1.59. The van der Waals surface area contributed by atoms with Crippen molar-refractivity contribution in [1.82, 2.24) is 4.98 Å². The second-order valence-corrected chi connectivity index (χ2v) is 3.17. The maximum Gasteiger partial charge on any atom is 0.0812 e. The third-order valence-corrected chi connectivity index (χ3v) is 2.38. The molecule has 0 amide bonds. The Morgan fingerprint density at radius 1 is 1.38 bits per heavy atom. The van der Waals surface area contributed by atoms with Crippen molar-refractivity contribution in [3.8, 4) is 0 Å². The van der Waals surface area contributed by atoms with Crippen molar-refractivity contribution >= 4 is 27.6 Å². The zero-order chi connectivity index (χ0) is 9.68. The van der Waals surface area contributed by atoms with Gasteiger partial charge in [-0.25, -0.2) is 4.98 Å². The predicted molar refractivity (Wildman–Crippen MR) is 61.1 cm³/mol. The van der Waals surface area contributed by atoms with Crippen LogP contribution in [-0.4, -0.2) is 4.98 Å². The number of hydrogen-bond acceptors (Lipinski definition) is 2. The molecule has 13 heavy (non-hydrogen) atoms. The van der Waals surface area contributed by atoms with Gasteiger partial charge < -0.3 is 0 Å². The van der Waals surface area contributed by atoms with Crippen LogP contribution in [0.3, 0.4) is 0 Å². The number of fused-ring (bicyclic) bond motifs is 1. The monoisotopic (exact) mass is 191 g/mol. The summed E-state index contributed by atoms with van der Waals surface area (Å²) in [7, 11) is 0. The smallest absolute Gasteiger partial charge is 0.0812 e. The van der Waals surface area contributed by atoms with Gasteiger partial charge in [-0.05, 0) is 17.7 Å². The molecule has 0 spiro atoms. The van der Waals surface area contributed by atoms with E-state index in [9.17, 15) is 0 Å². The molecule has 0 aliphatic rings. The standard InChI is InChI=1S/C9H7NS.C2H6/c1-2-7-3-4-8-9(5-7)11-6-10-8;1-2/h2-6H,1H2;1-2H3. The van der Waals surface area contributed by atoms with Gasteiger partial charge in [0.05, 0.1) is 15.7 Å². The van der Waals surface area contributed by atoms with Crippen molar-refractivity contribution < 1.29 is 0 Å². The number of hydrogen-bond donors (Lipinski definition) is 0. The van der Waals surface area contributed by atoms with Crippen LogP contribution >= 0.6 is 11.3 Å². The van der Waals surface area contributed by atoms with Gasteiger partial charge in [-0.3, -0.25) is 0 Å². The lowest BCUT2D eigenvalue weighted by molar-refractivity contribution is 1.50. The molecular formula is C11H13NS. The number of aromatic nitrogens is 1. The van der Waals surface area contributed by atoms with Crippen LogP contribution < -0.4 is 0 Å². The fourth-order valence-corrected chi connectivity index (χ4v) is 1.72. The highest BCUT2D eigenvalue weighted by molar-refractivity contribution is 7.16. The predicted octanol–water partition coefficient (Wildman–Crippen LogP) is 3.97. The Labute approximate surface area is 82.7 Å². The van der Waals surface area contributed by atoms with Gasteiger partial charge in [0.2, 0.25) is 0 Å². The fraction of sp³-hybridized carbons (Fsp3) is 0.182. The van der Waals surface area contributed by atoms with E-state index in [1.165, 1.54) is 4.70 Å². The molecule has 0 bridgehead atoms. The molecule has 0 saturated carbocycles. The SMILES string of the molecule is C=Cc1ccc2ncsc2c1.CC. The highest BCUT2D eigenvalue weighted by atomic mass is 32.1. The highest BCUT2D eigenvalue weighted by Crippen LogP contribution is 2.19. The van der Waals surface area contributed by atoms with Crippen molar-refractivity contribution in [2.45, 2.75) is 13.8 Å². The van der Waals surface area contributed by atoms with E-state index >= 15 is 0 Å². The molecule has 1 aromatic heterocycles. The Bertz CT molecular complexity index is 390. The maximum atomic E-state index is 4.18. The molecule has 2 rings (SSSR count). The number of thiazole rings is 1. The first-order valence-corrected chi connectivity index (χ1v) is 5.24. The van der Waals surface area contributed by atoms with Gasteiger partial charge in [0.25, 0.3) is 0 Å². The number of nitrogens with zero attached hydrogens (tertiary/aromatic N) is 1. The largest absolute Gasteiger partial charge is 0.245 e. The van der Waals surface area contributed by atoms with Gasteiger partial charge in [0.1, 0.15) is 0 Å². The zero-order valence-electron chi connectivity index (χ0n) is 7.95. The van der Waals surface area contributed by atoms with E-state index < -0.39 is 0 Å². The summed E-state index contributed by atoms with van der Waals surface area (Å²) in [6, 6.07) is 6.14. The van der Waals surface area contributed by atoms with Crippen molar-refractivity contribution in [2.24, 2.45) is 0 Å². The Hall–Kier alpha value is -1.15. The van der Waals surface area contributed by atoms with Gasteiger partial charge >= 0.3 is 0 Å². The summed E-state index contributed by atoms with van der Waals surface area (Å²) in [5.74, 6) is 0. The minimum Gasteiger partial charge on any atom is -0.245 e. The summed E-state index contributed by atoms with van der Waals surface area (Å²) in [6.07, 6.45) is 1.85. The van der Waals surface area contributed by atoms with Crippen LogP contribution in [0.2, 0.25) is 0 Å². The quantitative estimate of drug-likeness (QED) is 0.664. The summed E-state index contributed by atoms with van der Waals surface area (Å²) in [4.78, 5) is 4.18. The minimum atomic E-state index is 1.07. The lowest BCUT2D eigenvalue weighted by atomic mass is 10.2. The molecule has 0 aliphatic carbocycles. The summed E-state index contributed by atoms with van der Waals surface area (Å²) >= 11 is 1.66. The number of rotatable bonds is 1. The van der Waals surface area contributed by atoms with Crippen LogP contribution in [-0.2, 0) is 0 Å². The molecule has 0 fully saturated rings. The molecule has 1 nitrogen and oxygen atoms in total. The molecule has 1 aromatic carbocycles. The normalized spacial score (nSPS) is 9.08. The van der Waals surface area contributed by atoms with Gasteiger partial charge in [-0.2, -0.15) is 0 Å². The van der Waals surface area contributed by atoms with E-state index in [2.05, 4.69) is 17.6 Å². The molecule has 2 heteroatoms. The van der Waals surface area contributed by atoms with Crippen molar-refractivity contribution in [3.63, 3.8) is 0 Å². The first kappa shape index (κ1) is 9.93. The molecule has 2 aromatic rings. The van der Waals surface area contributed by atoms with E-state index in [1.54, 1.807) is 11.3 Å². The Morgan fingerprint density at radius 3 is 2.85 bits per heavy atom. The third kappa shape index (κ3) is 2.16. The van der Waals surface area contributed by atoms with Gasteiger partial charge in [-0.1, -0.05) is 32.6 Å². The first-order chi connectivity index (χ1) is 6.40. The average Bonchev–Trinajstić information content (AvgIpc) is 2.67. The van der Waals surface area contributed by atoms with Crippen molar-refractivity contribution in [2.75, 3.05) is 0 Å². The molecule has 0 unspecified atom stereocenters. The average molecular weight is 191 g/mol. The Morgan fingerprint density at radius 2 is 2.15 bits per heavy atom. The summed E-state index contributed by atoms with van der Waals surface area (Å²) < 4.78 is 1.22. The molecule has 68 valence electrons. The van der Waals surface area contributed by atoms with Crippen LogP contribution in [0, 0.1) is 0 Å². The van der Waals surface area contributed by atoms with E-state index in [0.29, 0.717) is 0 Å². The topological polar surface area (TPSA) is 12.9 Å². The van der Waals surface area contributed by atoms with Crippen LogP contribution in [0.15, 0.2) is 30.3 Å². The molecule has 0 aliphatic heterocycles. The summed E-state index contributed by atoms with van der Waals surface area (Å²) in [6.45, 7) is 7.71. The highest BCUT2D eigenvalue weighted by Gasteiger charge is 1.94. The van der Waals surface area contributed by atoms with Gasteiger partial charge in [0.15, 0.2) is 0 Å². The van der Waals surface area contributed by atoms with Gasteiger partial charge in [-0.15, -0.1) is 11.3 Å². The van der Waals surface area contributed by atoms with Crippen LogP contribution in [0.1, 0.15) is 19.4 Å². The molecule has 0 N–H and O–H groups in total. The molecule has 1 heterocycles. The van der Waals surface area contributed by atoms with Crippen LogP contribution in [0.5, 0.6) is 0 Å². The lowest BCUT2D eigenvalue weighted by Crippen LogP contribution is -1.69. The first-order valence-electron chi connectivity index (χ1n) is 4.36. The Balaban J connectivity index is 0.000000396. The van der Waals surface area contributed by atoms with Crippen molar-refractivity contribution in [3.05, 3.63) is 35.9 Å². The molecular weight excluding hydrogens is 178 g/mol. The molecule has 0 atom stereocenters. The van der Waals surface area contributed by atoms with Crippen molar-refractivity contribution in [1.29, 1.82) is 0 Å². The number of benzene rings is 1. The van der Waals surface area contributed by atoms with Gasteiger partial charge in [0, 0.05) is 0 Å². The Kier molecular flexibility index (Phi) is 3.65. The van der Waals surface area contributed by atoms with E-state index in [0.717, 1.165) is 11.1 Å². The summed E-state index contributed by atoms with van der Waals surface area (Å²) in [5.41, 5.74) is 4.08. The minimum absolute atomic E-state index is 1.07. The zero-order valence-corrected chi connectivity index (χ0v) is 8.77. The maximum absolute atomic E-state index is 4.18. The fourth-order valence-electron chi connectivity index (χ4n) is 0.999. The second kappa shape index (κ2) is 4.77. The summed E-state index contributed by atoms with van der Waals surface area (Å²) in [5, 5.41) is 0. The van der Waals surface area contributed by atoms with E-state index in [1.807, 2.05) is 37.6 Å². The second-order valence-electron chi connectivity index (χ2n) is 2.28.